The predicted molar refractivity (Wildman–Crippen MR) is 121 cm³/mol. The third-order valence-electron chi connectivity index (χ3n) is 5.75. The highest BCUT2D eigenvalue weighted by Gasteiger charge is 2.50. The van der Waals surface area contributed by atoms with Crippen LogP contribution in [0.5, 0.6) is 5.88 Å². The first kappa shape index (κ1) is 24.4. The van der Waals surface area contributed by atoms with Gasteiger partial charge in [0.25, 0.3) is 5.56 Å². The molecule has 4 aromatic heterocycles. The van der Waals surface area contributed by atoms with Gasteiger partial charge < -0.3 is 14.6 Å². The average Bonchev–Trinajstić information content (AvgIpc) is 3.32. The monoisotopic (exact) mass is 523 g/mol. The Balaban J connectivity index is 1.41. The second-order valence-electron chi connectivity index (χ2n) is 8.58. The summed E-state index contributed by atoms with van der Waals surface area (Å²) in [6.45, 7) is -0.732. The van der Waals surface area contributed by atoms with Gasteiger partial charge in [0.1, 0.15) is 6.54 Å². The van der Waals surface area contributed by atoms with Crippen molar-refractivity contribution in [3.05, 3.63) is 63.3 Å². The molecule has 1 aliphatic heterocycles. The number of anilines is 1. The minimum absolute atomic E-state index is 0.0426. The van der Waals surface area contributed by atoms with Gasteiger partial charge in [-0.3, -0.25) is 19.4 Å². The number of aromatic amines is 2. The lowest BCUT2D eigenvalue weighted by atomic mass is 10.2. The number of hydrogen-bond donors (Lipinski definition) is 2. The number of nitrogens with one attached hydrogen (secondary N) is 2. The Morgan fingerprint density at radius 3 is 2.70 bits per heavy atom. The highest BCUT2D eigenvalue weighted by atomic mass is 19.4. The Hall–Kier alpha value is -4.30. The first-order valence-corrected chi connectivity index (χ1v) is 10.9. The van der Waals surface area contributed by atoms with Gasteiger partial charge in [0.2, 0.25) is 5.88 Å². The summed E-state index contributed by atoms with van der Waals surface area (Å²) in [6, 6.07) is 4.14. The van der Waals surface area contributed by atoms with Crippen molar-refractivity contribution in [2.45, 2.75) is 31.7 Å². The number of halogens is 5. The number of ether oxygens (including phenoxy) is 1. The van der Waals surface area contributed by atoms with Crippen LogP contribution < -0.4 is 20.9 Å². The number of pyridine rings is 2. The summed E-state index contributed by atoms with van der Waals surface area (Å²) in [7, 11) is 0. The van der Waals surface area contributed by atoms with Crippen molar-refractivity contribution in [3.8, 4) is 17.1 Å². The van der Waals surface area contributed by atoms with E-state index in [-0.39, 0.29) is 29.2 Å². The fourth-order valence-electron chi connectivity index (χ4n) is 4.11. The van der Waals surface area contributed by atoms with Crippen molar-refractivity contribution < 1.29 is 26.7 Å². The van der Waals surface area contributed by atoms with Crippen molar-refractivity contribution in [2.75, 3.05) is 18.0 Å². The van der Waals surface area contributed by atoms with E-state index in [0.717, 1.165) is 6.07 Å². The number of alkyl halides is 5. The van der Waals surface area contributed by atoms with Crippen LogP contribution in [-0.2, 0) is 6.54 Å². The first-order valence-electron chi connectivity index (χ1n) is 10.9. The number of H-pyrrole nitrogens is 2. The van der Waals surface area contributed by atoms with Crippen molar-refractivity contribution in [2.24, 2.45) is 0 Å². The van der Waals surface area contributed by atoms with Crippen molar-refractivity contribution in [1.82, 2.24) is 29.7 Å². The van der Waals surface area contributed by atoms with E-state index in [1.54, 1.807) is 13.0 Å². The standard InChI is InChI=1S/C22H18F5N7O3/c1-11-2-13(3-15(31-11)14-7-29-20(36)32-19(14)35)33-8-17(21(23,24)9-33)37-18-4-16-12(5-28-18)6-30-34(16)10-22(25,26)27/h2-7,17H,8-10H2,1H3,(H2,29,32,35,36). The Kier molecular flexibility index (Phi) is 5.72. The summed E-state index contributed by atoms with van der Waals surface area (Å²) >= 11 is 0. The molecule has 1 atom stereocenters. The topological polar surface area (TPSA) is 122 Å². The molecular weight excluding hydrogens is 505 g/mol. The zero-order chi connectivity index (χ0) is 26.5. The van der Waals surface area contributed by atoms with Crippen LogP contribution in [0.4, 0.5) is 27.6 Å². The van der Waals surface area contributed by atoms with Crippen LogP contribution in [-0.4, -0.2) is 61.0 Å². The molecule has 0 amide bonds. The fraction of sp³-hybridized carbons (Fsp3) is 0.318. The third kappa shape index (κ3) is 5.01. The summed E-state index contributed by atoms with van der Waals surface area (Å²) in [4.78, 5) is 37.5. The van der Waals surface area contributed by atoms with Crippen molar-refractivity contribution in [3.63, 3.8) is 0 Å². The van der Waals surface area contributed by atoms with E-state index >= 15 is 0 Å². The van der Waals surface area contributed by atoms with E-state index in [1.165, 1.54) is 29.6 Å². The SMILES string of the molecule is Cc1cc(N2CC(Oc3cc4c(cn3)cnn4CC(F)(F)F)C(F)(F)C2)cc(-c2c[nH]c(=O)[nH]c2=O)n1. The Labute approximate surface area is 203 Å². The first-order chi connectivity index (χ1) is 17.4. The van der Waals surface area contributed by atoms with Gasteiger partial charge in [-0.2, -0.15) is 18.3 Å². The van der Waals surface area contributed by atoms with Crippen LogP contribution in [0.25, 0.3) is 22.2 Å². The van der Waals surface area contributed by atoms with Crippen LogP contribution >= 0.6 is 0 Å². The van der Waals surface area contributed by atoms with Crippen molar-refractivity contribution in [1.29, 1.82) is 0 Å². The maximum atomic E-state index is 14.9. The van der Waals surface area contributed by atoms with Crippen molar-refractivity contribution >= 4 is 16.6 Å². The van der Waals surface area contributed by atoms with E-state index in [4.69, 9.17) is 4.74 Å². The Morgan fingerprint density at radius 2 is 1.97 bits per heavy atom. The highest BCUT2D eigenvalue weighted by molar-refractivity contribution is 5.78. The maximum absolute atomic E-state index is 14.9. The number of rotatable bonds is 5. The molecule has 0 spiro atoms. The van der Waals surface area contributed by atoms with Gasteiger partial charge in [-0.15, -0.1) is 0 Å². The molecule has 37 heavy (non-hydrogen) atoms. The molecular formula is C22H18F5N7O3. The predicted octanol–water partition coefficient (Wildman–Crippen LogP) is 2.64. The zero-order valence-electron chi connectivity index (χ0n) is 19.0. The molecule has 1 aliphatic rings. The summed E-state index contributed by atoms with van der Waals surface area (Å²) in [6.07, 6.45) is -2.60. The van der Waals surface area contributed by atoms with E-state index in [1.807, 2.05) is 0 Å². The smallest absolute Gasteiger partial charge is 0.408 e. The molecule has 0 saturated carbocycles. The fourth-order valence-corrected chi connectivity index (χ4v) is 4.11. The second-order valence-corrected chi connectivity index (χ2v) is 8.58. The van der Waals surface area contributed by atoms with Gasteiger partial charge in [-0.05, 0) is 19.1 Å². The quantitative estimate of drug-likeness (QED) is 0.386. The molecule has 0 radical (unpaired) electrons. The van der Waals surface area contributed by atoms with Crippen LogP contribution in [0.15, 0.2) is 46.4 Å². The normalized spacial score (nSPS) is 17.5. The summed E-state index contributed by atoms with van der Waals surface area (Å²) in [5.41, 5.74) is -0.343. The van der Waals surface area contributed by atoms with Crippen LogP contribution in [0.3, 0.4) is 0 Å². The van der Waals surface area contributed by atoms with E-state index in [9.17, 15) is 31.5 Å². The van der Waals surface area contributed by atoms with Gasteiger partial charge >= 0.3 is 17.8 Å². The van der Waals surface area contributed by atoms with Gasteiger partial charge in [0.15, 0.2) is 6.10 Å². The largest absolute Gasteiger partial charge is 0.466 e. The molecule has 5 heterocycles. The van der Waals surface area contributed by atoms with Gasteiger partial charge in [0.05, 0.1) is 36.1 Å². The lowest BCUT2D eigenvalue weighted by Gasteiger charge is -2.19. The maximum Gasteiger partial charge on any atom is 0.408 e. The number of nitrogens with zero attached hydrogens (tertiary/aromatic N) is 5. The lowest BCUT2D eigenvalue weighted by molar-refractivity contribution is -0.141. The van der Waals surface area contributed by atoms with Crippen LogP contribution in [0, 0.1) is 6.92 Å². The summed E-state index contributed by atoms with van der Waals surface area (Å²) in [5.74, 6) is -3.61. The number of aryl methyl sites for hydroxylation is 1. The molecule has 4 aromatic rings. The summed E-state index contributed by atoms with van der Waals surface area (Å²) in [5, 5.41) is 3.98. The van der Waals surface area contributed by atoms with E-state index in [0.29, 0.717) is 21.4 Å². The van der Waals surface area contributed by atoms with Crippen LogP contribution in [0.1, 0.15) is 5.69 Å². The molecule has 194 valence electrons. The molecule has 15 heteroatoms. The van der Waals surface area contributed by atoms with Gasteiger partial charge in [-0.25, -0.2) is 18.6 Å². The number of hydrogen-bond acceptors (Lipinski definition) is 7. The highest BCUT2D eigenvalue weighted by Crippen LogP contribution is 2.35. The third-order valence-corrected chi connectivity index (χ3v) is 5.75. The molecule has 1 unspecified atom stereocenters. The van der Waals surface area contributed by atoms with Crippen LogP contribution in [0.2, 0.25) is 0 Å². The lowest BCUT2D eigenvalue weighted by Crippen LogP contribution is -2.36. The molecule has 2 N–H and O–H groups in total. The second kappa shape index (κ2) is 8.67. The van der Waals surface area contributed by atoms with E-state index in [2.05, 4.69) is 25.0 Å². The number of fused-ring (bicyclic) bond motifs is 1. The molecule has 1 saturated heterocycles. The summed E-state index contributed by atoms with van der Waals surface area (Å²) < 4.78 is 74.5. The zero-order valence-corrected chi connectivity index (χ0v) is 19.0. The molecule has 10 nitrogen and oxygen atoms in total. The minimum Gasteiger partial charge on any atom is -0.466 e. The average molecular weight is 523 g/mol. The molecule has 5 rings (SSSR count). The molecule has 0 bridgehead atoms. The Morgan fingerprint density at radius 1 is 1.19 bits per heavy atom. The van der Waals surface area contributed by atoms with Gasteiger partial charge in [-0.1, -0.05) is 0 Å². The molecule has 1 fully saturated rings. The molecule has 0 aromatic carbocycles. The minimum atomic E-state index is -4.52. The Bertz CT molecular complexity index is 1590. The van der Waals surface area contributed by atoms with Gasteiger partial charge in [0, 0.05) is 35.2 Å². The number of aromatic nitrogens is 6. The van der Waals surface area contributed by atoms with E-state index < -0.39 is 42.5 Å². The molecule has 0 aliphatic carbocycles.